The van der Waals surface area contributed by atoms with Crippen LogP contribution in [0.2, 0.25) is 5.02 Å². The molecule has 1 N–H and O–H groups in total. The van der Waals surface area contributed by atoms with Gasteiger partial charge in [-0.05, 0) is 90.6 Å². The number of halogens is 4. The number of carbonyl (C=O) groups excluding carboxylic acids is 2. The second-order valence-corrected chi connectivity index (χ2v) is 18.0. The number of rotatable bonds is 6. The summed E-state index contributed by atoms with van der Waals surface area (Å²) in [7, 11) is 0. The van der Waals surface area contributed by atoms with Crippen LogP contribution in [0.15, 0.2) is 30.1 Å². The average Bonchev–Trinajstić information content (AvgIpc) is 3.81. The molecule has 0 spiro atoms. The molecule has 17 heteroatoms. The number of nitrogens with one attached hydrogen (secondary N) is 1. The van der Waals surface area contributed by atoms with E-state index in [2.05, 4.69) is 15.2 Å². The first-order valence-corrected chi connectivity index (χ1v) is 19.8. The predicted octanol–water partition coefficient (Wildman–Crippen LogP) is 9.19. The molecule has 2 amide bonds. The van der Waals surface area contributed by atoms with Gasteiger partial charge in [-0.25, -0.2) is 22.8 Å². The Hall–Kier alpha value is -4.85. The van der Waals surface area contributed by atoms with E-state index < -0.39 is 40.6 Å². The predicted molar refractivity (Wildman–Crippen MR) is 213 cm³/mol. The topological polar surface area (TPSA) is 133 Å². The Morgan fingerprint density at radius 1 is 1.07 bits per heavy atom. The molecule has 57 heavy (non-hydrogen) atoms. The molecule has 7 rings (SSSR count). The summed E-state index contributed by atoms with van der Waals surface area (Å²) in [5, 5.41) is 13.1. The zero-order valence-corrected chi connectivity index (χ0v) is 34.1. The highest BCUT2D eigenvalue weighted by atomic mass is 35.5. The Kier molecular flexibility index (Phi) is 10.7. The number of nitrogens with zero attached hydrogens (tertiary/aromatic N) is 6. The second kappa shape index (κ2) is 15.1. The van der Waals surface area contributed by atoms with Gasteiger partial charge < -0.3 is 24.0 Å². The summed E-state index contributed by atoms with van der Waals surface area (Å²) in [5.74, 6) is -1.23. The van der Waals surface area contributed by atoms with E-state index in [1.807, 2.05) is 11.0 Å². The van der Waals surface area contributed by atoms with Gasteiger partial charge in [0.2, 0.25) is 0 Å². The molecule has 4 aromatic rings. The van der Waals surface area contributed by atoms with Crippen molar-refractivity contribution in [1.82, 2.24) is 19.8 Å². The van der Waals surface area contributed by atoms with Crippen molar-refractivity contribution in [3.63, 3.8) is 0 Å². The number of carbonyl (C=O) groups is 2. The lowest BCUT2D eigenvalue weighted by Crippen LogP contribution is -2.50. The monoisotopic (exact) mass is 825 g/mol. The van der Waals surface area contributed by atoms with Crippen LogP contribution in [0.25, 0.3) is 32.1 Å². The summed E-state index contributed by atoms with van der Waals surface area (Å²) in [6, 6.07) is 5.93. The van der Waals surface area contributed by atoms with Crippen molar-refractivity contribution >= 4 is 66.9 Å². The van der Waals surface area contributed by atoms with E-state index in [1.165, 1.54) is 12.1 Å². The molecule has 3 fully saturated rings. The molecular weight excluding hydrogens is 783 g/mol. The van der Waals surface area contributed by atoms with Gasteiger partial charge in [0.25, 0.3) is 0 Å². The molecule has 12 nitrogen and oxygen atoms in total. The first-order chi connectivity index (χ1) is 26.9. The minimum Gasteiger partial charge on any atom is -0.461 e. The Morgan fingerprint density at radius 2 is 1.79 bits per heavy atom. The Balaban J connectivity index is 1.32. The number of thiophene rings is 1. The summed E-state index contributed by atoms with van der Waals surface area (Å²) in [4.78, 5) is 40.6. The highest BCUT2D eigenvalue weighted by molar-refractivity contribution is 7.23. The number of ether oxygens (including phenoxy) is 3. The molecule has 2 aromatic heterocycles. The maximum absolute atomic E-state index is 17.3. The van der Waals surface area contributed by atoms with Crippen LogP contribution in [-0.2, 0) is 9.47 Å². The Labute approximate surface area is 337 Å². The van der Waals surface area contributed by atoms with E-state index in [4.69, 9.17) is 30.8 Å². The minimum absolute atomic E-state index is 0.000403. The summed E-state index contributed by atoms with van der Waals surface area (Å²) in [5.41, 5.74) is -1.59. The fraction of sp³-hybridized carbons (Fsp3) is 0.475. The Bertz CT molecular complexity index is 2350. The van der Waals surface area contributed by atoms with E-state index in [0.29, 0.717) is 56.9 Å². The van der Waals surface area contributed by atoms with Gasteiger partial charge in [0.05, 0.1) is 27.2 Å². The molecule has 0 radical (unpaired) electrons. The van der Waals surface area contributed by atoms with Gasteiger partial charge >= 0.3 is 18.2 Å². The Morgan fingerprint density at radius 3 is 2.46 bits per heavy atom. The highest BCUT2D eigenvalue weighted by Crippen LogP contribution is 2.47. The van der Waals surface area contributed by atoms with E-state index in [0.717, 1.165) is 36.8 Å². The van der Waals surface area contributed by atoms with Crippen molar-refractivity contribution in [3.8, 4) is 23.2 Å². The molecule has 5 heterocycles. The van der Waals surface area contributed by atoms with Gasteiger partial charge in [0.15, 0.2) is 5.82 Å². The summed E-state index contributed by atoms with van der Waals surface area (Å²) in [6.45, 7) is 13.1. The largest absolute Gasteiger partial charge is 0.461 e. The van der Waals surface area contributed by atoms with Crippen molar-refractivity contribution in [2.45, 2.75) is 77.5 Å². The lowest BCUT2D eigenvalue weighted by Gasteiger charge is -2.36. The van der Waals surface area contributed by atoms with E-state index in [1.54, 1.807) is 46.4 Å². The maximum atomic E-state index is 17.3. The van der Waals surface area contributed by atoms with E-state index in [9.17, 15) is 19.2 Å². The summed E-state index contributed by atoms with van der Waals surface area (Å²) < 4.78 is 63.7. The SMILES string of the molecule is CC(C)(C)OC(=O)Nc1sc2c(F)ccc(-c3c(Cl)cc4c(N5CCN(C(=O)OC(C)(C)C)CC5)nc(OCC56CCCN5C/C(=C\F)C6)nc4c3F)c2c1C#N. The van der Waals surface area contributed by atoms with Crippen molar-refractivity contribution in [2.24, 2.45) is 0 Å². The molecule has 3 aliphatic rings. The van der Waals surface area contributed by atoms with Crippen LogP contribution in [0.4, 0.5) is 33.6 Å². The van der Waals surface area contributed by atoms with Gasteiger partial charge in [-0.1, -0.05) is 17.7 Å². The third kappa shape index (κ3) is 8.02. The number of benzene rings is 2. The number of piperazine rings is 1. The summed E-state index contributed by atoms with van der Waals surface area (Å²) >= 11 is 7.75. The first-order valence-electron chi connectivity index (χ1n) is 18.6. The fourth-order valence-corrected chi connectivity index (χ4v) is 9.12. The minimum atomic E-state index is -0.868. The molecule has 1 atom stereocenters. The zero-order valence-electron chi connectivity index (χ0n) is 32.5. The molecule has 2 aromatic carbocycles. The number of aromatic nitrogens is 2. The standard InChI is InChI=1S/C40H43ClF3N7O5S/c1-38(2,3)55-36(52)48-34-25(19-45)28-23(8-9-27(43)32(28)57-34)29-26(41)16-24-31(30(29)44)46-35(54-21-40-10-7-11-51(40)20-22(17-40)18-42)47-33(24)49-12-14-50(15-13-49)37(53)56-39(4,5)6/h8-9,16,18H,7,10-15,17,20-21H2,1-6H3,(H,48,52)/b22-18-. The smallest absolute Gasteiger partial charge is 0.412 e. The molecule has 0 bridgehead atoms. The third-order valence-corrected chi connectivity index (χ3v) is 11.6. The van der Waals surface area contributed by atoms with Gasteiger partial charge in [-0.3, -0.25) is 10.2 Å². The molecule has 1 unspecified atom stereocenters. The van der Waals surface area contributed by atoms with Gasteiger partial charge in [-0.2, -0.15) is 15.2 Å². The molecule has 3 saturated heterocycles. The molecule has 302 valence electrons. The molecule has 0 saturated carbocycles. The average molecular weight is 826 g/mol. The van der Waals surface area contributed by atoms with Crippen LogP contribution in [0.5, 0.6) is 6.01 Å². The molecular formula is C40H43ClF3N7O5S. The number of nitriles is 1. The lowest BCUT2D eigenvalue weighted by atomic mass is 9.94. The van der Waals surface area contributed by atoms with Crippen LogP contribution in [0, 0.1) is 23.0 Å². The van der Waals surface area contributed by atoms with Crippen molar-refractivity contribution in [3.05, 3.63) is 52.3 Å². The number of hydrogen-bond acceptors (Lipinski definition) is 11. The van der Waals surface area contributed by atoms with E-state index >= 15 is 8.78 Å². The molecule has 3 aliphatic heterocycles. The van der Waals surface area contributed by atoms with Gasteiger partial charge in [0, 0.05) is 49.1 Å². The van der Waals surface area contributed by atoms with Crippen molar-refractivity contribution in [1.29, 1.82) is 5.26 Å². The quantitative estimate of drug-likeness (QED) is 0.201. The number of fused-ring (bicyclic) bond motifs is 3. The third-order valence-electron chi connectivity index (χ3n) is 10.2. The number of hydrogen-bond donors (Lipinski definition) is 1. The van der Waals surface area contributed by atoms with Gasteiger partial charge in [0.1, 0.15) is 46.0 Å². The van der Waals surface area contributed by atoms with Crippen LogP contribution < -0.4 is 15.0 Å². The fourth-order valence-electron chi connectivity index (χ4n) is 7.76. The van der Waals surface area contributed by atoms with Crippen LogP contribution in [0.1, 0.15) is 66.4 Å². The van der Waals surface area contributed by atoms with Crippen LogP contribution in [0.3, 0.4) is 0 Å². The maximum Gasteiger partial charge on any atom is 0.412 e. The number of anilines is 2. The number of amides is 2. The van der Waals surface area contributed by atoms with Crippen LogP contribution >= 0.6 is 22.9 Å². The van der Waals surface area contributed by atoms with Crippen LogP contribution in [-0.4, -0.2) is 94.6 Å². The first kappa shape index (κ1) is 40.4. The van der Waals surface area contributed by atoms with Crippen molar-refractivity contribution < 1.29 is 37.0 Å². The zero-order chi connectivity index (χ0) is 41.0. The highest BCUT2D eigenvalue weighted by Gasteiger charge is 2.47. The lowest BCUT2D eigenvalue weighted by molar-refractivity contribution is 0.0240. The molecule has 0 aliphatic carbocycles. The normalized spacial score (nSPS) is 19.6. The van der Waals surface area contributed by atoms with Crippen molar-refractivity contribution in [2.75, 3.05) is 56.1 Å². The summed E-state index contributed by atoms with van der Waals surface area (Å²) in [6.07, 6.45) is 1.53. The van der Waals surface area contributed by atoms with E-state index in [-0.39, 0.29) is 60.3 Å². The van der Waals surface area contributed by atoms with Gasteiger partial charge in [-0.15, -0.1) is 11.3 Å². The second-order valence-electron chi connectivity index (χ2n) is 16.6.